The summed E-state index contributed by atoms with van der Waals surface area (Å²) in [6.45, 7) is 2.88. The Morgan fingerprint density at radius 2 is 1.92 bits per heavy atom. The minimum Gasteiger partial charge on any atom is -0.383 e. The number of benzene rings is 2. The number of hydrogen-bond acceptors (Lipinski definition) is 3. The van der Waals surface area contributed by atoms with E-state index in [-0.39, 0.29) is 5.91 Å². The van der Waals surface area contributed by atoms with Gasteiger partial charge in [-0.3, -0.25) is 9.78 Å². The van der Waals surface area contributed by atoms with Crippen molar-refractivity contribution < 1.29 is 9.53 Å². The normalized spacial score (nSPS) is 10.8. The average Bonchev–Trinajstić information content (AvgIpc) is 2.61. The summed E-state index contributed by atoms with van der Waals surface area (Å²) in [5, 5.41) is 3.74. The Balaban J connectivity index is 2.10. The number of para-hydroxylation sites is 1. The minimum absolute atomic E-state index is 0.104. The zero-order valence-corrected chi connectivity index (χ0v) is 13.9. The lowest BCUT2D eigenvalue weighted by Gasteiger charge is -2.12. The van der Waals surface area contributed by atoms with Crippen LogP contribution in [-0.4, -0.2) is 31.2 Å². The molecule has 3 rings (SSSR count). The number of nitrogens with zero attached hydrogens (tertiary/aromatic N) is 1. The molecule has 0 aliphatic rings. The third-order valence-corrected chi connectivity index (χ3v) is 3.89. The van der Waals surface area contributed by atoms with Crippen molar-refractivity contribution in [1.29, 1.82) is 0 Å². The van der Waals surface area contributed by atoms with Crippen LogP contribution in [0.15, 0.2) is 54.6 Å². The van der Waals surface area contributed by atoms with Crippen molar-refractivity contribution in [1.82, 2.24) is 10.3 Å². The van der Waals surface area contributed by atoms with Gasteiger partial charge in [0, 0.05) is 30.3 Å². The van der Waals surface area contributed by atoms with Crippen LogP contribution in [-0.2, 0) is 4.74 Å². The molecule has 0 fully saturated rings. The van der Waals surface area contributed by atoms with Crippen molar-refractivity contribution in [3.05, 3.63) is 65.9 Å². The number of amides is 1. The third kappa shape index (κ3) is 3.29. The predicted octanol–water partition coefficient (Wildman–Crippen LogP) is 3.59. The van der Waals surface area contributed by atoms with Crippen LogP contribution in [0.2, 0.25) is 0 Å². The smallest absolute Gasteiger partial charge is 0.252 e. The van der Waals surface area contributed by atoms with Gasteiger partial charge in [-0.1, -0.05) is 48.5 Å². The average molecular weight is 320 g/mol. The van der Waals surface area contributed by atoms with Crippen molar-refractivity contribution in [3.63, 3.8) is 0 Å². The van der Waals surface area contributed by atoms with E-state index in [0.717, 1.165) is 27.7 Å². The maximum atomic E-state index is 12.5. The van der Waals surface area contributed by atoms with Gasteiger partial charge >= 0.3 is 0 Å². The molecular formula is C20H20N2O2. The Morgan fingerprint density at radius 3 is 2.67 bits per heavy atom. The summed E-state index contributed by atoms with van der Waals surface area (Å²) in [5.41, 5.74) is 4.43. The molecule has 1 amide bonds. The van der Waals surface area contributed by atoms with E-state index in [1.807, 2.05) is 49.4 Å². The highest BCUT2D eigenvalue weighted by Crippen LogP contribution is 2.29. The van der Waals surface area contributed by atoms with Gasteiger partial charge in [0.1, 0.15) is 0 Å². The van der Waals surface area contributed by atoms with E-state index in [0.29, 0.717) is 18.7 Å². The van der Waals surface area contributed by atoms with E-state index in [1.54, 1.807) is 7.11 Å². The van der Waals surface area contributed by atoms with Crippen molar-refractivity contribution in [3.8, 4) is 11.1 Å². The number of hydrogen-bond donors (Lipinski definition) is 1. The summed E-state index contributed by atoms with van der Waals surface area (Å²) in [4.78, 5) is 17.2. The van der Waals surface area contributed by atoms with Crippen molar-refractivity contribution in [2.24, 2.45) is 0 Å². The molecule has 1 heterocycles. The number of carbonyl (C=O) groups excluding carboxylic acids is 1. The zero-order valence-electron chi connectivity index (χ0n) is 13.9. The molecule has 122 valence electrons. The van der Waals surface area contributed by atoms with Crippen molar-refractivity contribution in [2.75, 3.05) is 20.3 Å². The number of aromatic nitrogens is 1. The molecule has 4 nitrogen and oxygen atoms in total. The standard InChI is InChI=1S/C20H20N2O2/c1-14-13-18(20(23)21-11-12-24-2)17-10-6-9-16(19(17)22-14)15-7-4-3-5-8-15/h3-10,13H,11-12H2,1-2H3,(H,21,23). The van der Waals surface area contributed by atoms with E-state index in [9.17, 15) is 4.79 Å². The van der Waals surface area contributed by atoms with Crippen LogP contribution in [0, 0.1) is 6.92 Å². The van der Waals surface area contributed by atoms with Crippen LogP contribution in [0.3, 0.4) is 0 Å². The zero-order chi connectivity index (χ0) is 16.9. The Morgan fingerprint density at radius 1 is 1.12 bits per heavy atom. The number of carbonyl (C=O) groups is 1. The quantitative estimate of drug-likeness (QED) is 0.731. The van der Waals surface area contributed by atoms with E-state index in [2.05, 4.69) is 22.4 Å². The summed E-state index contributed by atoms with van der Waals surface area (Å²) >= 11 is 0. The highest BCUT2D eigenvalue weighted by Gasteiger charge is 2.14. The molecule has 0 bridgehead atoms. The fourth-order valence-electron chi connectivity index (χ4n) is 2.78. The molecular weight excluding hydrogens is 300 g/mol. The topological polar surface area (TPSA) is 51.2 Å². The van der Waals surface area contributed by atoms with E-state index < -0.39 is 0 Å². The maximum Gasteiger partial charge on any atom is 0.252 e. The molecule has 1 N–H and O–H groups in total. The van der Waals surface area contributed by atoms with Crippen LogP contribution in [0.4, 0.5) is 0 Å². The van der Waals surface area contributed by atoms with Gasteiger partial charge in [0.15, 0.2) is 0 Å². The summed E-state index contributed by atoms with van der Waals surface area (Å²) in [5.74, 6) is -0.104. The first-order valence-electron chi connectivity index (χ1n) is 7.93. The number of fused-ring (bicyclic) bond motifs is 1. The lowest BCUT2D eigenvalue weighted by atomic mass is 9.99. The monoisotopic (exact) mass is 320 g/mol. The van der Waals surface area contributed by atoms with Gasteiger partial charge in [-0.05, 0) is 18.6 Å². The van der Waals surface area contributed by atoms with Crippen molar-refractivity contribution >= 4 is 16.8 Å². The Hall–Kier alpha value is -2.72. The molecule has 0 unspecified atom stereocenters. The molecule has 3 aromatic rings. The van der Waals surface area contributed by atoms with Gasteiger partial charge in [-0.25, -0.2) is 0 Å². The van der Waals surface area contributed by atoms with Gasteiger partial charge in [0.2, 0.25) is 0 Å². The molecule has 1 aromatic heterocycles. The molecule has 0 aliphatic heterocycles. The fraction of sp³-hybridized carbons (Fsp3) is 0.200. The highest BCUT2D eigenvalue weighted by molar-refractivity contribution is 6.09. The first-order chi connectivity index (χ1) is 11.7. The molecule has 0 spiro atoms. The van der Waals surface area contributed by atoms with Gasteiger partial charge in [0.05, 0.1) is 17.7 Å². The van der Waals surface area contributed by atoms with E-state index in [1.165, 1.54) is 0 Å². The van der Waals surface area contributed by atoms with Gasteiger partial charge in [-0.2, -0.15) is 0 Å². The highest BCUT2D eigenvalue weighted by atomic mass is 16.5. The van der Waals surface area contributed by atoms with Crippen LogP contribution in [0.1, 0.15) is 16.1 Å². The molecule has 0 saturated heterocycles. The number of methoxy groups -OCH3 is 1. The largest absolute Gasteiger partial charge is 0.383 e. The second-order valence-corrected chi connectivity index (χ2v) is 5.63. The summed E-state index contributed by atoms with van der Waals surface area (Å²) in [6, 6.07) is 17.9. The molecule has 0 radical (unpaired) electrons. The van der Waals surface area contributed by atoms with Crippen LogP contribution in [0.25, 0.3) is 22.0 Å². The Kier molecular flexibility index (Phi) is 4.87. The molecule has 24 heavy (non-hydrogen) atoms. The lowest BCUT2D eigenvalue weighted by Crippen LogP contribution is -2.27. The minimum atomic E-state index is -0.104. The van der Waals surface area contributed by atoms with Crippen LogP contribution < -0.4 is 5.32 Å². The number of pyridine rings is 1. The molecule has 4 heteroatoms. The number of aryl methyl sites for hydroxylation is 1. The van der Waals surface area contributed by atoms with Crippen molar-refractivity contribution in [2.45, 2.75) is 6.92 Å². The van der Waals surface area contributed by atoms with E-state index in [4.69, 9.17) is 4.74 Å². The van der Waals surface area contributed by atoms with Crippen LogP contribution >= 0.6 is 0 Å². The summed E-state index contributed by atoms with van der Waals surface area (Å²) < 4.78 is 4.99. The van der Waals surface area contributed by atoms with Gasteiger partial charge < -0.3 is 10.1 Å². The second-order valence-electron chi connectivity index (χ2n) is 5.63. The Labute approximate surface area is 141 Å². The first kappa shape index (κ1) is 16.1. The molecule has 2 aromatic carbocycles. The Bertz CT molecular complexity index is 860. The fourth-order valence-corrected chi connectivity index (χ4v) is 2.78. The molecule has 0 atom stereocenters. The third-order valence-electron chi connectivity index (χ3n) is 3.89. The maximum absolute atomic E-state index is 12.5. The summed E-state index contributed by atoms with van der Waals surface area (Å²) in [7, 11) is 1.62. The van der Waals surface area contributed by atoms with E-state index >= 15 is 0 Å². The first-order valence-corrected chi connectivity index (χ1v) is 7.93. The molecule has 0 aliphatic carbocycles. The SMILES string of the molecule is COCCNC(=O)c1cc(C)nc2c(-c3ccccc3)cccc12. The number of rotatable bonds is 5. The predicted molar refractivity (Wildman–Crippen MR) is 96.1 cm³/mol. The second kappa shape index (κ2) is 7.23. The van der Waals surface area contributed by atoms with Gasteiger partial charge in [-0.15, -0.1) is 0 Å². The summed E-state index contributed by atoms with van der Waals surface area (Å²) in [6.07, 6.45) is 0. The number of ether oxygens (including phenoxy) is 1. The number of nitrogens with one attached hydrogen (secondary N) is 1. The lowest BCUT2D eigenvalue weighted by molar-refractivity contribution is 0.0938. The van der Waals surface area contributed by atoms with Crippen LogP contribution in [0.5, 0.6) is 0 Å². The molecule has 0 saturated carbocycles. The van der Waals surface area contributed by atoms with Gasteiger partial charge in [0.25, 0.3) is 5.91 Å².